The molecule has 2 aromatic rings. The molecule has 1 saturated carbocycles. The fourth-order valence-corrected chi connectivity index (χ4v) is 7.18. The molecule has 19 heteroatoms. The monoisotopic (exact) mass is 609 g/mol. The van der Waals surface area contributed by atoms with Crippen LogP contribution in [0.25, 0.3) is 0 Å². The van der Waals surface area contributed by atoms with Crippen molar-refractivity contribution in [1.82, 2.24) is 34.3 Å². The van der Waals surface area contributed by atoms with Crippen molar-refractivity contribution in [1.29, 1.82) is 0 Å². The van der Waals surface area contributed by atoms with Gasteiger partial charge >= 0.3 is 11.5 Å². The number of nitrogen functional groups attached to an aromatic ring is 1. The molecule has 2 aliphatic heterocycles. The Balaban J connectivity index is 1.31. The lowest BCUT2D eigenvalue weighted by Gasteiger charge is -2.49. The Kier molecular flexibility index (Phi) is 7.95. The molecule has 0 bridgehead atoms. The predicted octanol–water partition coefficient (Wildman–Crippen LogP) is -0.491. The molecule has 2 amide bonds. The summed E-state index contributed by atoms with van der Waals surface area (Å²) in [6, 6.07) is -1.02. The van der Waals surface area contributed by atoms with Gasteiger partial charge < -0.3 is 26.1 Å². The molecule has 1 unspecified atom stereocenters. The first-order valence-corrected chi connectivity index (χ1v) is 14.8. The van der Waals surface area contributed by atoms with Crippen LogP contribution in [-0.2, 0) is 26.3 Å². The number of aromatic hydroxyl groups is 1. The average Bonchev–Trinajstić information content (AvgIpc) is 3.61. The number of carbonyl (C=O) groups excluding carboxylic acids is 2. The van der Waals surface area contributed by atoms with Crippen LogP contribution in [0.4, 0.5) is 5.13 Å². The maximum atomic E-state index is 13.2. The Morgan fingerprint density at radius 3 is 2.70 bits per heavy atom. The number of aromatic nitrogens is 5. The Hall–Kier alpha value is -3.71. The van der Waals surface area contributed by atoms with Crippen LogP contribution in [-0.4, -0.2) is 91.8 Å². The number of nitrogens with two attached hydrogens (primary N) is 1. The van der Waals surface area contributed by atoms with E-state index >= 15 is 0 Å². The SMILES string of the molecule is Cn1c(SCC2=C(C(=O)O)N3C(=O)C(NC(=O)C(=NOC4CCCC4)c4nsc(N)n4)[C@@H]3SC2)nnc(O)c1=O. The zero-order valence-electron chi connectivity index (χ0n) is 20.8. The smallest absolute Gasteiger partial charge is 0.352 e. The average molecular weight is 610 g/mol. The summed E-state index contributed by atoms with van der Waals surface area (Å²) in [4.78, 5) is 61.1. The van der Waals surface area contributed by atoms with Crippen LogP contribution in [0.3, 0.4) is 0 Å². The number of carbonyl (C=O) groups is 3. The van der Waals surface area contributed by atoms with Gasteiger partial charge in [-0.1, -0.05) is 16.9 Å². The van der Waals surface area contributed by atoms with E-state index < -0.39 is 40.6 Å². The summed E-state index contributed by atoms with van der Waals surface area (Å²) in [5.41, 5.74) is 4.94. The van der Waals surface area contributed by atoms with Crippen LogP contribution in [0.15, 0.2) is 26.4 Å². The number of carboxylic acids is 1. The third-order valence-corrected chi connectivity index (χ3v) is 9.38. The van der Waals surface area contributed by atoms with Crippen molar-refractivity contribution in [2.24, 2.45) is 12.2 Å². The number of nitrogens with zero attached hydrogens (tertiary/aromatic N) is 7. The molecule has 2 fully saturated rings. The number of thioether (sulfide) groups is 2. The molecule has 4 heterocycles. The topological polar surface area (TPSA) is 228 Å². The third-order valence-electron chi connectivity index (χ3n) is 6.39. The second-order valence-electron chi connectivity index (χ2n) is 8.99. The first-order chi connectivity index (χ1) is 19.2. The molecule has 16 nitrogen and oxygen atoms in total. The van der Waals surface area contributed by atoms with E-state index in [9.17, 15) is 29.4 Å². The van der Waals surface area contributed by atoms with E-state index in [1.54, 1.807) is 0 Å². The quantitative estimate of drug-likeness (QED) is 0.122. The fourth-order valence-electron chi connectivity index (χ4n) is 4.35. The molecule has 3 aliphatic rings. The van der Waals surface area contributed by atoms with E-state index in [0.29, 0.717) is 5.57 Å². The van der Waals surface area contributed by atoms with Gasteiger partial charge in [-0.25, -0.2) is 4.79 Å². The molecule has 40 heavy (non-hydrogen) atoms. The number of anilines is 1. The highest BCUT2D eigenvalue weighted by molar-refractivity contribution is 8.01. The van der Waals surface area contributed by atoms with Gasteiger partial charge in [0, 0.05) is 30.1 Å². The van der Waals surface area contributed by atoms with Crippen LogP contribution >= 0.6 is 35.1 Å². The van der Waals surface area contributed by atoms with E-state index in [1.165, 1.54) is 18.8 Å². The molecule has 2 aromatic heterocycles. The number of fused-ring (bicyclic) bond motifs is 1. The molecule has 5 rings (SSSR count). The second kappa shape index (κ2) is 11.4. The van der Waals surface area contributed by atoms with E-state index in [-0.39, 0.29) is 45.1 Å². The van der Waals surface area contributed by atoms with Crippen molar-refractivity contribution in [2.75, 3.05) is 17.2 Å². The van der Waals surface area contributed by atoms with Crippen molar-refractivity contribution >= 4 is 63.7 Å². The number of carboxylic acid groups (broad SMARTS) is 1. The summed E-state index contributed by atoms with van der Waals surface area (Å²) < 4.78 is 5.13. The largest absolute Gasteiger partial charge is 0.488 e. The highest BCUT2D eigenvalue weighted by Gasteiger charge is 2.54. The number of aliphatic carboxylic acids is 1. The Bertz CT molecular complexity index is 1480. The maximum absolute atomic E-state index is 13.2. The molecule has 0 spiro atoms. The molecule has 1 saturated heterocycles. The van der Waals surface area contributed by atoms with Crippen molar-refractivity contribution in [2.45, 2.75) is 48.4 Å². The normalized spacial score (nSPS) is 21.3. The summed E-state index contributed by atoms with van der Waals surface area (Å²) in [6.45, 7) is 0. The number of hydrogen-bond donors (Lipinski definition) is 4. The van der Waals surface area contributed by atoms with Crippen molar-refractivity contribution in [3.05, 3.63) is 27.4 Å². The number of β-lactam (4-membered cyclic amide) rings is 1. The van der Waals surface area contributed by atoms with Crippen LogP contribution in [0.5, 0.6) is 5.88 Å². The van der Waals surface area contributed by atoms with Crippen LogP contribution < -0.4 is 16.6 Å². The molecule has 5 N–H and O–H groups in total. The van der Waals surface area contributed by atoms with Crippen molar-refractivity contribution < 1.29 is 29.4 Å². The van der Waals surface area contributed by atoms with Crippen LogP contribution in [0, 0.1) is 0 Å². The number of oxime groups is 1. The van der Waals surface area contributed by atoms with Gasteiger partial charge in [0.1, 0.15) is 23.2 Å². The van der Waals surface area contributed by atoms with E-state index in [4.69, 9.17) is 10.6 Å². The third kappa shape index (κ3) is 5.35. The Morgan fingerprint density at radius 2 is 2.02 bits per heavy atom. The van der Waals surface area contributed by atoms with Crippen LogP contribution in [0.2, 0.25) is 0 Å². The van der Waals surface area contributed by atoms with Gasteiger partial charge in [0.25, 0.3) is 17.7 Å². The van der Waals surface area contributed by atoms with Gasteiger partial charge in [-0.15, -0.1) is 22.0 Å². The Morgan fingerprint density at radius 1 is 1.27 bits per heavy atom. The van der Waals surface area contributed by atoms with E-state index in [1.807, 2.05) is 0 Å². The lowest BCUT2D eigenvalue weighted by Crippen LogP contribution is -2.71. The van der Waals surface area contributed by atoms with Gasteiger partial charge in [-0.3, -0.25) is 23.9 Å². The lowest BCUT2D eigenvalue weighted by atomic mass is 10.0. The molecule has 2 atom stereocenters. The maximum Gasteiger partial charge on any atom is 0.352 e. The molecule has 1 aliphatic carbocycles. The summed E-state index contributed by atoms with van der Waals surface area (Å²) >= 11 is 3.20. The summed E-state index contributed by atoms with van der Waals surface area (Å²) in [7, 11) is 1.40. The lowest BCUT2D eigenvalue weighted by molar-refractivity contribution is -0.150. The second-order valence-corrected chi connectivity index (χ2v) is 11.8. The highest BCUT2D eigenvalue weighted by atomic mass is 32.2. The molecular weight excluding hydrogens is 586 g/mol. The van der Waals surface area contributed by atoms with Gasteiger partial charge in [-0.2, -0.15) is 9.36 Å². The minimum atomic E-state index is -1.31. The molecule has 0 radical (unpaired) electrons. The molecular formula is C21H23N9O7S3. The Labute approximate surface area is 238 Å². The number of nitrogens with one attached hydrogen (secondary N) is 1. The predicted molar refractivity (Wildman–Crippen MR) is 144 cm³/mol. The minimum Gasteiger partial charge on any atom is -0.488 e. The van der Waals surface area contributed by atoms with Gasteiger partial charge in [0.2, 0.25) is 11.5 Å². The molecule has 0 aromatic carbocycles. The van der Waals surface area contributed by atoms with Gasteiger partial charge in [-0.05, 0) is 31.3 Å². The fraction of sp³-hybridized carbons (Fsp3) is 0.476. The zero-order valence-corrected chi connectivity index (χ0v) is 23.3. The van der Waals surface area contributed by atoms with Gasteiger partial charge in [0.05, 0.1) is 0 Å². The number of amides is 2. The summed E-state index contributed by atoms with van der Waals surface area (Å²) in [6.07, 6.45) is 3.47. The van der Waals surface area contributed by atoms with Crippen molar-refractivity contribution in [3.63, 3.8) is 0 Å². The zero-order chi connectivity index (χ0) is 28.6. The summed E-state index contributed by atoms with van der Waals surface area (Å²) in [5, 5.41) is 32.7. The highest BCUT2D eigenvalue weighted by Crippen LogP contribution is 2.41. The van der Waals surface area contributed by atoms with Crippen molar-refractivity contribution in [3.8, 4) is 5.88 Å². The number of hydrogen-bond acceptors (Lipinski definition) is 15. The van der Waals surface area contributed by atoms with Gasteiger partial charge in [0.15, 0.2) is 10.3 Å². The standard InChI is InChI=1S/C21H23N9O7S3/c1-29-17(34)15(32)25-26-21(29)39-7-8-6-38-18-11(16(33)30(18)12(8)19(35)36)23-14(31)10(13-24-20(22)40-28-13)27-37-9-4-2-3-5-9/h9,11,18H,2-7H2,1H3,(H,23,31)(H,25,32)(H,35,36)(H2,22,24,28)/t11?,18-/m0/s1. The minimum absolute atomic E-state index is 0.0323. The van der Waals surface area contributed by atoms with E-state index in [2.05, 4.69) is 30.0 Å². The van der Waals surface area contributed by atoms with Crippen LogP contribution in [0.1, 0.15) is 31.5 Å². The number of rotatable bonds is 9. The summed E-state index contributed by atoms with van der Waals surface area (Å²) in [5.74, 6) is -3.10. The van der Waals surface area contributed by atoms with E-state index in [0.717, 1.165) is 58.4 Å². The first-order valence-electron chi connectivity index (χ1n) is 12.0. The molecule has 212 valence electrons. The first kappa shape index (κ1) is 27.8.